The van der Waals surface area contributed by atoms with Crippen LogP contribution in [0.25, 0.3) is 54.2 Å². The van der Waals surface area contributed by atoms with Gasteiger partial charge in [-0.1, -0.05) is 175 Å². The number of fused-ring (bicyclic) bond motifs is 4. The number of benzene rings is 6. The minimum absolute atomic E-state index is 0.331. The normalized spacial score (nSPS) is 11.3. The highest BCUT2D eigenvalue weighted by atomic mass is 16.7. The summed E-state index contributed by atoms with van der Waals surface area (Å²) in [5, 5.41) is 6.95. The third kappa shape index (κ3) is 8.50. The summed E-state index contributed by atoms with van der Waals surface area (Å²) in [6, 6.07) is 32.1. The van der Waals surface area contributed by atoms with Crippen molar-refractivity contribution in [3.05, 3.63) is 97.1 Å². The van der Waals surface area contributed by atoms with Crippen LogP contribution in [0, 0.1) is 0 Å². The molecule has 52 heavy (non-hydrogen) atoms. The number of carbonyl (C=O) groups is 2. The minimum atomic E-state index is -0.697. The van der Waals surface area contributed by atoms with E-state index in [2.05, 4.69) is 38.1 Å². The molecule has 0 bridgehead atoms. The average molecular weight is 699 g/mol. The molecule has 6 nitrogen and oxygen atoms in total. The van der Waals surface area contributed by atoms with Gasteiger partial charge in [0.25, 0.3) is 0 Å². The zero-order chi connectivity index (χ0) is 36.1. The molecule has 0 saturated carbocycles. The molecule has 0 aliphatic heterocycles. The maximum absolute atomic E-state index is 13.1. The number of rotatable bonds is 17. The number of carbonyl (C=O) groups excluding carboxylic acids is 2. The van der Waals surface area contributed by atoms with Crippen LogP contribution in [0.15, 0.2) is 97.1 Å². The van der Waals surface area contributed by atoms with Gasteiger partial charge in [0.2, 0.25) is 0 Å². The molecule has 0 saturated heterocycles. The van der Waals surface area contributed by atoms with Crippen LogP contribution in [0.4, 0.5) is 9.59 Å². The molecule has 0 aliphatic rings. The molecule has 0 amide bonds. The fourth-order valence-electron chi connectivity index (χ4n) is 7.24. The SMILES string of the molecule is CCCCCCCCOC(=O)Oc1c2ccccc2c(-c2c3ccccc3c(OC(=O)OCCCCCCCC)c3ccccc23)c2ccccc12. The molecule has 0 radical (unpaired) electrons. The lowest BCUT2D eigenvalue weighted by Crippen LogP contribution is -2.12. The third-order valence-electron chi connectivity index (χ3n) is 9.82. The molecule has 6 heteroatoms. The summed E-state index contributed by atoms with van der Waals surface area (Å²) in [7, 11) is 0. The molecule has 6 aromatic carbocycles. The Labute approximate surface area is 307 Å². The highest BCUT2D eigenvalue weighted by Crippen LogP contribution is 2.49. The molecule has 0 heterocycles. The van der Waals surface area contributed by atoms with Crippen molar-refractivity contribution in [2.75, 3.05) is 13.2 Å². The van der Waals surface area contributed by atoms with E-state index >= 15 is 0 Å². The Morgan fingerprint density at radius 1 is 0.385 bits per heavy atom. The summed E-state index contributed by atoms with van der Waals surface area (Å²) in [5.41, 5.74) is 2.01. The zero-order valence-electron chi connectivity index (χ0n) is 30.6. The zero-order valence-corrected chi connectivity index (χ0v) is 30.6. The van der Waals surface area contributed by atoms with Gasteiger partial charge in [-0.3, -0.25) is 0 Å². The number of ether oxygens (including phenoxy) is 4. The van der Waals surface area contributed by atoms with Crippen molar-refractivity contribution in [1.82, 2.24) is 0 Å². The van der Waals surface area contributed by atoms with Gasteiger partial charge in [-0.05, 0) is 45.5 Å². The monoisotopic (exact) mass is 698 g/mol. The summed E-state index contributed by atoms with van der Waals surface area (Å²) < 4.78 is 23.2. The van der Waals surface area contributed by atoms with Crippen LogP contribution in [-0.4, -0.2) is 25.5 Å². The van der Waals surface area contributed by atoms with Crippen molar-refractivity contribution in [3.8, 4) is 22.6 Å². The first-order chi connectivity index (χ1) is 25.6. The van der Waals surface area contributed by atoms with E-state index in [1.54, 1.807) is 0 Å². The Bertz CT molecular complexity index is 1870. The van der Waals surface area contributed by atoms with E-state index in [-0.39, 0.29) is 0 Å². The summed E-state index contributed by atoms with van der Waals surface area (Å²) in [4.78, 5) is 26.2. The maximum Gasteiger partial charge on any atom is 0.513 e. The highest BCUT2D eigenvalue weighted by molar-refractivity contribution is 6.26. The standard InChI is InChI=1S/C46H50O6/c1-3-5-7-9-11-21-31-49-45(47)51-43-37-27-17-13-23-33(37)41(34-24-14-18-28-38(34)43)42-35-25-15-19-29-39(35)44(40-30-20-16-26-36(40)42)52-46(48)50-32-22-12-10-8-6-4-2/h13-20,23-30H,3-12,21-22,31-32H2,1-2H3. The Morgan fingerprint density at radius 2 is 0.654 bits per heavy atom. The predicted molar refractivity (Wildman–Crippen MR) is 213 cm³/mol. The first-order valence-electron chi connectivity index (χ1n) is 19.2. The lowest BCUT2D eigenvalue weighted by Gasteiger charge is -2.21. The van der Waals surface area contributed by atoms with Crippen LogP contribution in [0.1, 0.15) is 90.9 Å². The van der Waals surface area contributed by atoms with Crippen molar-refractivity contribution in [2.45, 2.75) is 90.9 Å². The highest BCUT2D eigenvalue weighted by Gasteiger charge is 2.24. The third-order valence-corrected chi connectivity index (χ3v) is 9.82. The van der Waals surface area contributed by atoms with E-state index in [4.69, 9.17) is 18.9 Å². The van der Waals surface area contributed by atoms with Crippen molar-refractivity contribution < 1.29 is 28.5 Å². The lowest BCUT2D eigenvalue weighted by molar-refractivity contribution is 0.0972. The molecule has 6 aromatic rings. The molecule has 0 unspecified atom stereocenters. The van der Waals surface area contributed by atoms with Gasteiger partial charge in [0.1, 0.15) is 11.5 Å². The summed E-state index contributed by atoms with van der Waals surface area (Å²) in [6.45, 7) is 5.07. The van der Waals surface area contributed by atoms with Gasteiger partial charge in [0.05, 0.1) is 13.2 Å². The predicted octanol–water partition coefficient (Wildman–Crippen LogP) is 13.7. The fraction of sp³-hybridized carbons (Fsp3) is 0.348. The van der Waals surface area contributed by atoms with Crippen LogP contribution in [0.3, 0.4) is 0 Å². The van der Waals surface area contributed by atoms with Crippen molar-refractivity contribution in [3.63, 3.8) is 0 Å². The molecule has 270 valence electrons. The molecule has 0 aromatic heterocycles. The molecular weight excluding hydrogens is 648 g/mol. The Kier molecular flexibility index (Phi) is 13.0. The van der Waals surface area contributed by atoms with Gasteiger partial charge >= 0.3 is 12.3 Å². The second-order valence-electron chi connectivity index (χ2n) is 13.5. The Morgan fingerprint density at radius 3 is 0.962 bits per heavy atom. The minimum Gasteiger partial charge on any atom is -0.434 e. The second kappa shape index (κ2) is 18.4. The first-order valence-corrected chi connectivity index (χ1v) is 19.2. The smallest absolute Gasteiger partial charge is 0.434 e. The maximum atomic E-state index is 13.1. The van der Waals surface area contributed by atoms with E-state index in [9.17, 15) is 9.59 Å². The topological polar surface area (TPSA) is 71.1 Å². The Hall–Kier alpha value is -5.10. The van der Waals surface area contributed by atoms with Crippen LogP contribution < -0.4 is 9.47 Å². The molecule has 0 spiro atoms. The average Bonchev–Trinajstić information content (AvgIpc) is 3.17. The number of hydrogen-bond donors (Lipinski definition) is 0. The van der Waals surface area contributed by atoms with Crippen LogP contribution >= 0.6 is 0 Å². The largest absolute Gasteiger partial charge is 0.513 e. The first kappa shape index (κ1) is 36.7. The molecule has 0 aliphatic carbocycles. The molecule has 0 atom stereocenters. The molecule has 0 N–H and O–H groups in total. The van der Waals surface area contributed by atoms with Gasteiger partial charge < -0.3 is 18.9 Å². The quantitative estimate of drug-likeness (QED) is 0.0409. The van der Waals surface area contributed by atoms with E-state index in [0.717, 1.165) is 92.7 Å². The van der Waals surface area contributed by atoms with Crippen molar-refractivity contribution in [2.24, 2.45) is 0 Å². The van der Waals surface area contributed by atoms with Crippen LogP contribution in [0.5, 0.6) is 11.5 Å². The van der Waals surface area contributed by atoms with Crippen molar-refractivity contribution in [1.29, 1.82) is 0 Å². The van der Waals surface area contributed by atoms with Gasteiger partial charge in [0.15, 0.2) is 0 Å². The van der Waals surface area contributed by atoms with Gasteiger partial charge in [0, 0.05) is 21.5 Å². The summed E-state index contributed by atoms with van der Waals surface area (Å²) in [5.74, 6) is 0.953. The number of unbranched alkanes of at least 4 members (excludes halogenated alkanes) is 10. The molecular formula is C46H50O6. The lowest BCUT2D eigenvalue weighted by atomic mass is 9.85. The molecule has 0 fully saturated rings. The second-order valence-corrected chi connectivity index (χ2v) is 13.5. The number of hydrogen-bond acceptors (Lipinski definition) is 6. The van der Waals surface area contributed by atoms with Crippen molar-refractivity contribution >= 4 is 55.4 Å². The van der Waals surface area contributed by atoms with Gasteiger partial charge in [-0.25, -0.2) is 9.59 Å². The van der Waals surface area contributed by atoms with Gasteiger partial charge in [-0.2, -0.15) is 0 Å². The van der Waals surface area contributed by atoms with Crippen LogP contribution in [0.2, 0.25) is 0 Å². The molecule has 6 rings (SSSR count). The fourth-order valence-corrected chi connectivity index (χ4v) is 7.24. The summed E-state index contributed by atoms with van der Waals surface area (Å²) >= 11 is 0. The van der Waals surface area contributed by atoms with Gasteiger partial charge in [-0.15, -0.1) is 0 Å². The van der Waals surface area contributed by atoms with E-state index in [1.165, 1.54) is 38.5 Å². The van der Waals surface area contributed by atoms with E-state index in [1.807, 2.05) is 72.8 Å². The van der Waals surface area contributed by atoms with E-state index in [0.29, 0.717) is 24.7 Å². The van der Waals surface area contributed by atoms with Crippen LogP contribution in [-0.2, 0) is 9.47 Å². The Balaban J connectivity index is 1.38. The van der Waals surface area contributed by atoms with E-state index < -0.39 is 12.3 Å². The summed E-state index contributed by atoms with van der Waals surface area (Å²) in [6.07, 6.45) is 11.9.